The number of imidazole rings is 1. The van der Waals surface area contributed by atoms with Crippen LogP contribution in [0.5, 0.6) is 5.75 Å². The van der Waals surface area contributed by atoms with Crippen LogP contribution in [0.1, 0.15) is 101 Å². The number of hydrogen-bond acceptors (Lipinski definition) is 4. The summed E-state index contributed by atoms with van der Waals surface area (Å²) in [5.41, 5.74) is 21.7. The molecule has 0 amide bonds. The van der Waals surface area contributed by atoms with Crippen LogP contribution in [0, 0.1) is 19.9 Å². The van der Waals surface area contributed by atoms with Crippen molar-refractivity contribution in [3.8, 4) is 78.7 Å². The number of rotatable bonds is 8. The number of nitrogens with zero attached hydrogens (tertiary/aromatic N) is 3. The zero-order valence-corrected chi connectivity index (χ0v) is 46.0. The minimum absolute atomic E-state index is 0. The number of para-hydroxylation sites is 3. The van der Waals surface area contributed by atoms with E-state index >= 15 is 0 Å². The molecule has 11 aromatic rings. The van der Waals surface area contributed by atoms with E-state index in [0.29, 0.717) is 11.8 Å². The summed E-state index contributed by atoms with van der Waals surface area (Å²) in [6, 6.07) is 62.4. The molecule has 12 rings (SSSR count). The van der Waals surface area contributed by atoms with E-state index < -0.39 is 0 Å². The van der Waals surface area contributed by atoms with Gasteiger partial charge in [0.1, 0.15) is 17.0 Å². The average molecular weight is 1150 g/mol. The Morgan fingerprint density at radius 1 is 0.568 bits per heavy atom. The van der Waals surface area contributed by atoms with Crippen LogP contribution in [0.2, 0.25) is 0 Å². The third-order valence-electron chi connectivity index (χ3n) is 16.4. The molecule has 0 unspecified atom stereocenters. The van der Waals surface area contributed by atoms with Crippen LogP contribution < -0.4 is 0 Å². The van der Waals surface area contributed by atoms with Crippen LogP contribution in [-0.2, 0) is 31.9 Å². The molecule has 3 aromatic heterocycles. The van der Waals surface area contributed by atoms with Crippen molar-refractivity contribution in [2.45, 2.75) is 91.9 Å². The monoisotopic (exact) mass is 1150 g/mol. The molecule has 5 nitrogen and oxygen atoms in total. The molecule has 0 spiro atoms. The fourth-order valence-corrected chi connectivity index (χ4v) is 11.7. The van der Waals surface area contributed by atoms with Crippen molar-refractivity contribution < 1.29 is 30.6 Å². The molecular formula is C68H60N3O2Pt-. The first kappa shape index (κ1) is 48.9. The largest absolute Gasteiger partial charge is 0.507 e. The normalized spacial score (nSPS) is 13.7. The summed E-state index contributed by atoms with van der Waals surface area (Å²) in [4.78, 5) is 11.3. The number of aromatic hydroxyl groups is 1. The molecule has 0 aliphatic heterocycles. The summed E-state index contributed by atoms with van der Waals surface area (Å²) in [5.74, 6) is 1.65. The van der Waals surface area contributed by atoms with Gasteiger partial charge in [-0.2, -0.15) is 0 Å². The van der Waals surface area contributed by atoms with Gasteiger partial charge in [0.05, 0.1) is 28.0 Å². The number of aromatic nitrogens is 3. The molecule has 3 heterocycles. The zero-order valence-electron chi connectivity index (χ0n) is 43.8. The topological polar surface area (TPSA) is 64.1 Å². The first-order valence-electron chi connectivity index (χ1n) is 25.8. The maximum Gasteiger partial charge on any atom is 0.163 e. The van der Waals surface area contributed by atoms with Gasteiger partial charge in [0.25, 0.3) is 0 Å². The molecular weight excluding hydrogens is 1090 g/mol. The first-order valence-corrected chi connectivity index (χ1v) is 25.8. The van der Waals surface area contributed by atoms with Crippen molar-refractivity contribution in [2.75, 3.05) is 0 Å². The quantitative estimate of drug-likeness (QED) is 0.154. The van der Waals surface area contributed by atoms with E-state index in [1.165, 1.54) is 16.7 Å². The average Bonchev–Trinajstić information content (AvgIpc) is 3.96. The van der Waals surface area contributed by atoms with Crippen molar-refractivity contribution in [1.82, 2.24) is 14.5 Å². The molecule has 1 aliphatic rings. The van der Waals surface area contributed by atoms with Crippen molar-refractivity contribution in [3.05, 3.63) is 203 Å². The van der Waals surface area contributed by atoms with Gasteiger partial charge in [0.15, 0.2) is 5.82 Å². The second-order valence-corrected chi connectivity index (χ2v) is 21.9. The van der Waals surface area contributed by atoms with E-state index in [1.807, 2.05) is 12.1 Å². The maximum atomic E-state index is 11.6. The molecule has 0 atom stereocenters. The smallest absolute Gasteiger partial charge is 0.163 e. The minimum Gasteiger partial charge on any atom is -0.507 e. The van der Waals surface area contributed by atoms with Crippen LogP contribution in [0.3, 0.4) is 0 Å². The molecule has 0 saturated carbocycles. The second kappa shape index (κ2) is 18.3. The van der Waals surface area contributed by atoms with Crippen LogP contribution in [-0.4, -0.2) is 19.6 Å². The van der Waals surface area contributed by atoms with E-state index in [-0.39, 0.29) is 37.6 Å². The Kier molecular flexibility index (Phi) is 12.1. The third kappa shape index (κ3) is 7.60. The van der Waals surface area contributed by atoms with Crippen LogP contribution in [0.15, 0.2) is 168 Å². The van der Waals surface area contributed by atoms with Gasteiger partial charge >= 0.3 is 0 Å². The molecule has 0 bridgehead atoms. The summed E-state index contributed by atoms with van der Waals surface area (Å²) in [5, 5.41) is 13.7. The molecule has 6 heteroatoms. The standard InChI is InChI=1S/C68H60N3O2.Pt/c1-39(2)44-34-45(40(3)4)36-46(35-44)49-26-17-25-48(43-22-12-11-13-23-43)60(49)52-37-47(38-59-61(52)51-24-14-15-31-58(51)73-59)50-27-18-29-56-63(50)70-66(71(56)65-41(5)20-16-21-42(65)6)55-33-32-54-64(69-55)62-53(28-19-30-57(62)72)67(7,8)68(54,9)10;/h11-36,38-40,72H,1-10H3;/q-1;. The number of pyridine rings is 1. The van der Waals surface area contributed by atoms with Crippen molar-refractivity contribution in [3.63, 3.8) is 0 Å². The van der Waals surface area contributed by atoms with Crippen LogP contribution in [0.4, 0.5) is 0 Å². The van der Waals surface area contributed by atoms with Gasteiger partial charge in [-0.3, -0.25) is 4.57 Å². The van der Waals surface area contributed by atoms with E-state index in [2.05, 4.69) is 225 Å². The predicted octanol–water partition coefficient (Wildman–Crippen LogP) is 18.3. The van der Waals surface area contributed by atoms with Crippen LogP contribution >= 0.6 is 0 Å². The fourth-order valence-electron chi connectivity index (χ4n) is 11.7. The number of aryl methyl sites for hydroxylation is 2. The number of phenols is 1. The number of fused-ring (bicyclic) bond motifs is 7. The molecule has 1 aliphatic carbocycles. The summed E-state index contributed by atoms with van der Waals surface area (Å²) < 4.78 is 9.22. The molecule has 0 fully saturated rings. The van der Waals surface area contributed by atoms with Gasteiger partial charge < -0.3 is 9.52 Å². The Bertz CT molecular complexity index is 3970. The number of hydrogen-bond donors (Lipinski definition) is 1. The van der Waals surface area contributed by atoms with Gasteiger partial charge in [-0.25, -0.2) is 9.97 Å². The Hall–Kier alpha value is -7.33. The van der Waals surface area contributed by atoms with E-state index in [0.717, 1.165) is 123 Å². The molecule has 74 heavy (non-hydrogen) atoms. The Morgan fingerprint density at radius 2 is 1.19 bits per heavy atom. The van der Waals surface area contributed by atoms with Gasteiger partial charge in [-0.1, -0.05) is 206 Å². The summed E-state index contributed by atoms with van der Waals surface area (Å²) in [6.45, 7) is 22.6. The summed E-state index contributed by atoms with van der Waals surface area (Å²) in [6.07, 6.45) is 0. The number of phenolic OH excluding ortho intramolecular Hbond substituents is 1. The van der Waals surface area contributed by atoms with Crippen molar-refractivity contribution >= 4 is 33.0 Å². The van der Waals surface area contributed by atoms with Gasteiger partial charge in [0.2, 0.25) is 0 Å². The van der Waals surface area contributed by atoms with E-state index in [4.69, 9.17) is 14.4 Å². The Morgan fingerprint density at radius 3 is 1.91 bits per heavy atom. The summed E-state index contributed by atoms with van der Waals surface area (Å²) in [7, 11) is 0. The zero-order chi connectivity index (χ0) is 50.7. The minimum atomic E-state index is -0.287. The second-order valence-electron chi connectivity index (χ2n) is 21.9. The van der Waals surface area contributed by atoms with Crippen molar-refractivity contribution in [2.24, 2.45) is 0 Å². The Labute approximate surface area is 449 Å². The van der Waals surface area contributed by atoms with Crippen molar-refractivity contribution in [1.29, 1.82) is 0 Å². The molecule has 8 aromatic carbocycles. The molecule has 0 saturated heterocycles. The third-order valence-corrected chi connectivity index (χ3v) is 16.4. The van der Waals surface area contributed by atoms with Gasteiger partial charge in [-0.05, 0) is 122 Å². The SMILES string of the molecule is Cc1cccc(C)c1-n1c(-c2ccc3c(n2)-c2c(O)cccc2C(C)(C)C3(C)C)nc2c(-c3[c-]c(-c4c(-c5ccccc5)cccc4-c4cc(C(C)C)cc(C(C)C)c4)c4c(c3)oc3ccccc34)cccc21.[Pt]. The molecule has 1 N–H and O–H groups in total. The predicted molar refractivity (Wildman–Crippen MR) is 303 cm³/mol. The number of furan rings is 1. The number of benzene rings is 8. The maximum absolute atomic E-state index is 11.6. The summed E-state index contributed by atoms with van der Waals surface area (Å²) >= 11 is 0. The van der Waals surface area contributed by atoms with Crippen LogP contribution in [0.25, 0.3) is 106 Å². The Balaban J connectivity index is 0.00000588. The fraction of sp³-hybridized carbons (Fsp3) is 0.206. The first-order chi connectivity index (χ1) is 35.1. The molecule has 370 valence electrons. The van der Waals surface area contributed by atoms with E-state index in [9.17, 15) is 5.11 Å². The molecule has 0 radical (unpaired) electrons. The van der Waals surface area contributed by atoms with E-state index in [1.54, 1.807) is 6.07 Å². The van der Waals surface area contributed by atoms with Gasteiger partial charge in [0, 0.05) is 32.0 Å². The van der Waals surface area contributed by atoms with Gasteiger partial charge in [-0.15, -0.1) is 17.2 Å².